The minimum absolute atomic E-state index is 0.242. The van der Waals surface area contributed by atoms with E-state index in [0.717, 1.165) is 14.6 Å². The van der Waals surface area contributed by atoms with Crippen LogP contribution in [0.3, 0.4) is 0 Å². The number of ketones is 1. The van der Waals surface area contributed by atoms with Crippen LogP contribution in [0.1, 0.15) is 42.3 Å². The van der Waals surface area contributed by atoms with Gasteiger partial charge in [-0.05, 0) is 53.9 Å². The first-order valence-corrected chi connectivity index (χ1v) is 8.16. The van der Waals surface area contributed by atoms with Gasteiger partial charge in [0.2, 0.25) is 0 Å². The molecule has 1 aromatic rings. The van der Waals surface area contributed by atoms with Crippen LogP contribution in [0.5, 0.6) is 0 Å². The molecule has 0 aromatic carbocycles. The summed E-state index contributed by atoms with van der Waals surface area (Å²) < 4.78 is 1.03. The number of carbonyl (C=O) groups excluding carboxylic acids is 1. The Hall–Kier alpha value is -0.190. The molecule has 1 aliphatic rings. The molecule has 0 aliphatic heterocycles. The van der Waals surface area contributed by atoms with Gasteiger partial charge in [0.15, 0.2) is 5.78 Å². The molecule has 2 unspecified atom stereocenters. The van der Waals surface area contributed by atoms with E-state index in [4.69, 9.17) is 0 Å². The quantitative estimate of drug-likeness (QED) is 0.771. The lowest BCUT2D eigenvalue weighted by molar-refractivity contribution is 0.0886. The highest BCUT2D eigenvalue weighted by atomic mass is 79.9. The summed E-state index contributed by atoms with van der Waals surface area (Å²) in [4.78, 5) is 15.2. The third kappa shape index (κ3) is 3.65. The fourth-order valence-corrected chi connectivity index (χ4v) is 4.02. The van der Waals surface area contributed by atoms with E-state index in [0.29, 0.717) is 12.6 Å². The number of likely N-dealkylation sites (N-methyl/N-ethyl adjacent to an activating group) is 1. The van der Waals surface area contributed by atoms with Crippen molar-refractivity contribution in [3.63, 3.8) is 0 Å². The van der Waals surface area contributed by atoms with Crippen LogP contribution in [0.25, 0.3) is 0 Å². The van der Waals surface area contributed by atoms with Crippen LogP contribution in [0.4, 0.5) is 0 Å². The maximum atomic E-state index is 12.1. The van der Waals surface area contributed by atoms with Crippen LogP contribution < -0.4 is 0 Å². The zero-order chi connectivity index (χ0) is 13.1. The minimum Gasteiger partial charge on any atom is -0.296 e. The average Bonchev–Trinajstić information content (AvgIpc) is 2.76. The average molecular weight is 330 g/mol. The van der Waals surface area contributed by atoms with E-state index < -0.39 is 0 Å². The molecule has 18 heavy (non-hydrogen) atoms. The molecule has 0 radical (unpaired) electrons. The molecular formula is C14H20BrNOS. The number of hydrogen-bond acceptors (Lipinski definition) is 3. The maximum Gasteiger partial charge on any atom is 0.186 e. The fraction of sp³-hybridized carbons (Fsp3) is 0.643. The normalized spacial score (nSPS) is 24.4. The van der Waals surface area contributed by atoms with Crippen molar-refractivity contribution in [1.29, 1.82) is 0 Å². The molecule has 2 atom stereocenters. The molecule has 0 saturated heterocycles. The molecule has 1 fully saturated rings. The lowest BCUT2D eigenvalue weighted by Gasteiger charge is -2.33. The Morgan fingerprint density at radius 3 is 2.89 bits per heavy atom. The van der Waals surface area contributed by atoms with Gasteiger partial charge in [-0.2, -0.15) is 0 Å². The van der Waals surface area contributed by atoms with E-state index >= 15 is 0 Å². The number of Topliss-reactive ketones (excluding diaryl/α,β-unsaturated/α-hetero) is 1. The van der Waals surface area contributed by atoms with Gasteiger partial charge in [-0.15, -0.1) is 11.3 Å². The summed E-state index contributed by atoms with van der Waals surface area (Å²) in [5.74, 6) is 1.05. The van der Waals surface area contributed by atoms with Gasteiger partial charge in [0.1, 0.15) is 0 Å². The number of hydrogen-bond donors (Lipinski definition) is 0. The molecule has 0 N–H and O–H groups in total. The van der Waals surface area contributed by atoms with Crippen molar-refractivity contribution < 1.29 is 4.79 Å². The molecule has 0 spiro atoms. The molecular weight excluding hydrogens is 310 g/mol. The van der Waals surface area contributed by atoms with Gasteiger partial charge >= 0.3 is 0 Å². The summed E-state index contributed by atoms with van der Waals surface area (Å²) in [6, 6.07) is 4.44. The summed E-state index contributed by atoms with van der Waals surface area (Å²) in [5.41, 5.74) is 0. The zero-order valence-electron chi connectivity index (χ0n) is 11.0. The lowest BCUT2D eigenvalue weighted by Crippen LogP contribution is -2.38. The molecule has 1 aromatic heterocycles. The molecule has 4 heteroatoms. The van der Waals surface area contributed by atoms with Gasteiger partial charge in [-0.3, -0.25) is 9.69 Å². The standard InChI is InChI=1S/C14H20BrNOS/c1-10-4-3-5-11(8-10)16(2)9-12(17)13-6-7-14(15)18-13/h6-7,10-11H,3-5,8-9H2,1-2H3. The van der Waals surface area contributed by atoms with E-state index in [9.17, 15) is 4.79 Å². The Kier molecular flexibility index (Phi) is 4.98. The van der Waals surface area contributed by atoms with Crippen LogP contribution in [-0.2, 0) is 0 Å². The predicted octanol–water partition coefficient (Wildman–Crippen LogP) is 4.20. The Bertz CT molecular complexity index is 418. The molecule has 1 aliphatic carbocycles. The maximum absolute atomic E-state index is 12.1. The summed E-state index contributed by atoms with van der Waals surface area (Å²) in [6.07, 6.45) is 5.12. The molecule has 100 valence electrons. The van der Waals surface area contributed by atoms with Crippen LogP contribution in [0, 0.1) is 5.92 Å². The van der Waals surface area contributed by atoms with Gasteiger partial charge in [0.25, 0.3) is 0 Å². The highest BCUT2D eigenvalue weighted by Gasteiger charge is 2.24. The molecule has 0 amide bonds. The van der Waals surface area contributed by atoms with Crippen molar-refractivity contribution in [3.05, 3.63) is 20.8 Å². The Morgan fingerprint density at radius 2 is 2.28 bits per heavy atom. The van der Waals surface area contributed by atoms with Crippen molar-refractivity contribution in [1.82, 2.24) is 4.90 Å². The molecule has 1 heterocycles. The van der Waals surface area contributed by atoms with Gasteiger partial charge in [0, 0.05) is 6.04 Å². The smallest absolute Gasteiger partial charge is 0.186 e. The van der Waals surface area contributed by atoms with Crippen LogP contribution >= 0.6 is 27.3 Å². The third-order valence-corrected chi connectivity index (χ3v) is 5.44. The lowest BCUT2D eigenvalue weighted by atomic mass is 9.86. The SMILES string of the molecule is CC1CCCC(N(C)CC(=O)c2ccc(Br)s2)C1. The number of rotatable bonds is 4. The van der Waals surface area contributed by atoms with E-state index in [1.165, 1.54) is 37.0 Å². The zero-order valence-corrected chi connectivity index (χ0v) is 13.4. The summed E-state index contributed by atoms with van der Waals surface area (Å²) in [7, 11) is 2.09. The van der Waals surface area contributed by atoms with Crippen molar-refractivity contribution in [2.75, 3.05) is 13.6 Å². The molecule has 0 bridgehead atoms. The van der Waals surface area contributed by atoms with E-state index in [-0.39, 0.29) is 5.78 Å². The largest absolute Gasteiger partial charge is 0.296 e. The van der Waals surface area contributed by atoms with Crippen LogP contribution in [0.2, 0.25) is 0 Å². The number of nitrogens with zero attached hydrogens (tertiary/aromatic N) is 1. The highest BCUT2D eigenvalue weighted by Crippen LogP contribution is 2.27. The van der Waals surface area contributed by atoms with Crippen LogP contribution in [-0.4, -0.2) is 30.3 Å². The molecule has 2 nitrogen and oxygen atoms in total. The molecule has 2 rings (SSSR count). The first-order valence-electron chi connectivity index (χ1n) is 6.55. The summed E-state index contributed by atoms with van der Waals surface area (Å²) in [5, 5.41) is 0. The second-order valence-electron chi connectivity index (χ2n) is 5.37. The fourth-order valence-electron chi connectivity index (χ4n) is 2.70. The summed E-state index contributed by atoms with van der Waals surface area (Å²) in [6.45, 7) is 2.86. The van der Waals surface area contributed by atoms with Crippen molar-refractivity contribution >= 4 is 33.0 Å². The Morgan fingerprint density at radius 1 is 1.50 bits per heavy atom. The molecule has 1 saturated carbocycles. The second kappa shape index (κ2) is 6.31. The van der Waals surface area contributed by atoms with Gasteiger partial charge < -0.3 is 0 Å². The number of carbonyl (C=O) groups is 1. The monoisotopic (exact) mass is 329 g/mol. The van der Waals surface area contributed by atoms with Crippen molar-refractivity contribution in [2.24, 2.45) is 5.92 Å². The predicted molar refractivity (Wildman–Crippen MR) is 80.4 cm³/mol. The first kappa shape index (κ1) is 14.2. The van der Waals surface area contributed by atoms with Crippen LogP contribution in [0.15, 0.2) is 15.9 Å². The van der Waals surface area contributed by atoms with E-state index in [2.05, 4.69) is 34.8 Å². The van der Waals surface area contributed by atoms with Crippen molar-refractivity contribution in [3.8, 4) is 0 Å². The minimum atomic E-state index is 0.242. The highest BCUT2D eigenvalue weighted by molar-refractivity contribution is 9.11. The van der Waals surface area contributed by atoms with E-state index in [1.54, 1.807) is 0 Å². The summed E-state index contributed by atoms with van der Waals surface area (Å²) >= 11 is 4.93. The number of halogens is 1. The topological polar surface area (TPSA) is 20.3 Å². The van der Waals surface area contributed by atoms with Gasteiger partial charge in [0.05, 0.1) is 15.2 Å². The van der Waals surface area contributed by atoms with Crippen molar-refractivity contribution in [2.45, 2.75) is 38.6 Å². The van der Waals surface area contributed by atoms with E-state index in [1.807, 2.05) is 12.1 Å². The Labute approximate surface area is 122 Å². The second-order valence-corrected chi connectivity index (χ2v) is 7.83. The number of thiophene rings is 1. The van der Waals surface area contributed by atoms with Gasteiger partial charge in [-0.25, -0.2) is 0 Å². The first-order chi connectivity index (χ1) is 8.56. The van der Waals surface area contributed by atoms with Gasteiger partial charge in [-0.1, -0.05) is 19.8 Å². The third-order valence-electron chi connectivity index (χ3n) is 3.77. The Balaban J connectivity index is 1.90.